The van der Waals surface area contributed by atoms with Crippen molar-refractivity contribution in [3.8, 4) is 34.1 Å². The maximum atomic E-state index is 12.6. The summed E-state index contributed by atoms with van der Waals surface area (Å²) in [5.41, 5.74) is 5.06. The number of methoxy groups -OCH3 is 1. The molecule has 2 unspecified atom stereocenters. The smallest absolute Gasteiger partial charge is 0.303 e. The SMILES string of the molecule is COc1c(-c2ccc(N3CC(C)N(C(=O)COC(C)=O)C(C)C3)nc2)cnc2c(-c3ccc(C#N)cc3)cccc12. The van der Waals surface area contributed by atoms with Gasteiger partial charge in [-0.25, -0.2) is 4.98 Å². The van der Waals surface area contributed by atoms with Crippen LogP contribution in [0.15, 0.2) is 67.0 Å². The molecule has 2 aromatic carbocycles. The molecule has 1 aliphatic rings. The third-order valence-electron chi connectivity index (χ3n) is 7.37. The van der Waals surface area contributed by atoms with Gasteiger partial charge in [-0.05, 0) is 49.7 Å². The molecule has 1 amide bonds. The van der Waals surface area contributed by atoms with Gasteiger partial charge in [0.2, 0.25) is 0 Å². The minimum Gasteiger partial charge on any atom is -0.495 e. The Kier molecular flexibility index (Phi) is 7.83. The zero-order valence-corrected chi connectivity index (χ0v) is 23.5. The summed E-state index contributed by atoms with van der Waals surface area (Å²) in [6.45, 7) is 6.25. The van der Waals surface area contributed by atoms with Gasteiger partial charge in [0, 0.05) is 66.6 Å². The van der Waals surface area contributed by atoms with Crippen LogP contribution in [0.1, 0.15) is 26.3 Å². The van der Waals surface area contributed by atoms with Crippen LogP contribution in [0.2, 0.25) is 0 Å². The van der Waals surface area contributed by atoms with Crippen LogP contribution < -0.4 is 9.64 Å². The number of anilines is 1. The van der Waals surface area contributed by atoms with Crippen molar-refractivity contribution in [2.24, 2.45) is 0 Å². The second-order valence-electron chi connectivity index (χ2n) is 10.2. The molecule has 3 heterocycles. The zero-order valence-electron chi connectivity index (χ0n) is 23.5. The number of amides is 1. The first-order valence-electron chi connectivity index (χ1n) is 13.4. The van der Waals surface area contributed by atoms with Gasteiger partial charge < -0.3 is 19.3 Å². The maximum absolute atomic E-state index is 12.6. The molecule has 1 saturated heterocycles. The van der Waals surface area contributed by atoms with Crippen LogP contribution in [0.5, 0.6) is 5.75 Å². The number of carbonyl (C=O) groups excluding carboxylic acids is 2. The Morgan fingerprint density at radius 2 is 1.66 bits per heavy atom. The molecule has 0 radical (unpaired) electrons. The van der Waals surface area contributed by atoms with E-state index in [2.05, 4.69) is 11.0 Å². The number of hydrogen-bond acceptors (Lipinski definition) is 8. The van der Waals surface area contributed by atoms with Crippen LogP contribution in [0.3, 0.4) is 0 Å². The minimum absolute atomic E-state index is 0.0710. The zero-order chi connectivity index (χ0) is 29.1. The lowest BCUT2D eigenvalue weighted by molar-refractivity contribution is -0.152. The number of hydrogen-bond donors (Lipinski definition) is 0. The lowest BCUT2D eigenvalue weighted by Gasteiger charge is -2.44. The molecule has 41 heavy (non-hydrogen) atoms. The average Bonchev–Trinajstić information content (AvgIpc) is 2.98. The van der Waals surface area contributed by atoms with Gasteiger partial charge in [0.25, 0.3) is 5.91 Å². The van der Waals surface area contributed by atoms with E-state index in [0.717, 1.165) is 39.0 Å². The van der Waals surface area contributed by atoms with Crippen molar-refractivity contribution in [3.63, 3.8) is 0 Å². The Labute approximate surface area is 239 Å². The van der Waals surface area contributed by atoms with Crippen LogP contribution in [-0.2, 0) is 14.3 Å². The molecule has 4 aromatic rings. The molecule has 1 fully saturated rings. The van der Waals surface area contributed by atoms with Crippen molar-refractivity contribution in [3.05, 3.63) is 72.6 Å². The summed E-state index contributed by atoms with van der Waals surface area (Å²) in [7, 11) is 1.65. The molecule has 9 nitrogen and oxygen atoms in total. The molecular weight excluding hydrogens is 518 g/mol. The highest BCUT2D eigenvalue weighted by Crippen LogP contribution is 2.39. The number of rotatable bonds is 6. The molecule has 0 spiro atoms. The molecular formula is C32H31N5O4. The Morgan fingerprint density at radius 3 is 2.27 bits per heavy atom. The fourth-order valence-corrected chi connectivity index (χ4v) is 5.55. The van der Waals surface area contributed by atoms with Gasteiger partial charge in [0.15, 0.2) is 6.61 Å². The number of carbonyl (C=O) groups is 2. The van der Waals surface area contributed by atoms with Crippen LogP contribution in [0.4, 0.5) is 5.82 Å². The highest BCUT2D eigenvalue weighted by atomic mass is 16.5. The topological polar surface area (TPSA) is 109 Å². The highest BCUT2D eigenvalue weighted by molar-refractivity contribution is 6.00. The monoisotopic (exact) mass is 549 g/mol. The number of pyridine rings is 2. The molecule has 2 atom stereocenters. The van der Waals surface area contributed by atoms with Crippen molar-refractivity contribution in [2.75, 3.05) is 31.7 Å². The number of benzene rings is 2. The minimum atomic E-state index is -0.466. The Balaban J connectivity index is 1.39. The van der Waals surface area contributed by atoms with E-state index in [4.69, 9.17) is 24.7 Å². The van der Waals surface area contributed by atoms with E-state index in [9.17, 15) is 9.59 Å². The Hall–Kier alpha value is -4.97. The first-order valence-corrected chi connectivity index (χ1v) is 13.4. The lowest BCUT2D eigenvalue weighted by Crippen LogP contribution is -2.59. The normalized spacial score (nSPS) is 16.8. The van der Waals surface area contributed by atoms with Crippen molar-refractivity contribution in [1.29, 1.82) is 5.26 Å². The van der Waals surface area contributed by atoms with Crippen molar-refractivity contribution in [2.45, 2.75) is 32.9 Å². The summed E-state index contributed by atoms with van der Waals surface area (Å²) in [5.74, 6) is 0.866. The summed E-state index contributed by atoms with van der Waals surface area (Å²) in [4.78, 5) is 37.3. The van der Waals surface area contributed by atoms with E-state index in [1.807, 2.05) is 68.7 Å². The number of fused-ring (bicyclic) bond motifs is 1. The van der Waals surface area contributed by atoms with Gasteiger partial charge in [0.1, 0.15) is 11.6 Å². The van der Waals surface area contributed by atoms with Gasteiger partial charge in [-0.1, -0.05) is 24.3 Å². The van der Waals surface area contributed by atoms with E-state index in [0.29, 0.717) is 24.4 Å². The number of nitriles is 1. The number of ether oxygens (including phenoxy) is 2. The van der Waals surface area contributed by atoms with Gasteiger partial charge in [-0.15, -0.1) is 0 Å². The lowest BCUT2D eigenvalue weighted by atomic mass is 9.98. The summed E-state index contributed by atoms with van der Waals surface area (Å²) in [6.07, 6.45) is 3.63. The van der Waals surface area contributed by atoms with Gasteiger partial charge >= 0.3 is 5.97 Å². The second-order valence-corrected chi connectivity index (χ2v) is 10.2. The molecule has 0 saturated carbocycles. The Morgan fingerprint density at radius 1 is 0.951 bits per heavy atom. The average molecular weight is 550 g/mol. The van der Waals surface area contributed by atoms with Crippen LogP contribution in [0, 0.1) is 11.3 Å². The standard InChI is InChI=1S/C32H31N5O4/c1-20-17-36(18-21(2)37(20)30(39)19-41-22(3)38)29-13-12-25(15-34-29)28-16-35-31-26(6-5-7-27(31)32(28)40-4)24-10-8-23(14-33)9-11-24/h5-13,15-16,20-21H,17-19H2,1-4H3. The number of nitrogens with zero attached hydrogens (tertiary/aromatic N) is 5. The van der Waals surface area contributed by atoms with Gasteiger partial charge in [-0.3, -0.25) is 14.6 Å². The van der Waals surface area contributed by atoms with Gasteiger partial charge in [0.05, 0.1) is 24.3 Å². The molecule has 5 rings (SSSR count). The number of esters is 1. The maximum Gasteiger partial charge on any atom is 0.303 e. The number of aromatic nitrogens is 2. The predicted octanol–water partition coefficient (Wildman–Crippen LogP) is 4.83. The third kappa shape index (κ3) is 5.54. The second kappa shape index (κ2) is 11.6. The number of piperazine rings is 1. The first-order chi connectivity index (χ1) is 19.8. The van der Waals surface area contributed by atoms with E-state index in [-0.39, 0.29) is 24.6 Å². The molecule has 208 valence electrons. The highest BCUT2D eigenvalue weighted by Gasteiger charge is 2.33. The van der Waals surface area contributed by atoms with Gasteiger partial charge in [-0.2, -0.15) is 5.26 Å². The fourth-order valence-electron chi connectivity index (χ4n) is 5.55. The van der Waals surface area contributed by atoms with Crippen LogP contribution in [0.25, 0.3) is 33.2 Å². The molecule has 1 aliphatic heterocycles. The van der Waals surface area contributed by atoms with Crippen molar-refractivity contribution < 1.29 is 19.1 Å². The predicted molar refractivity (Wildman–Crippen MR) is 156 cm³/mol. The molecule has 0 N–H and O–H groups in total. The molecule has 0 bridgehead atoms. The summed E-state index contributed by atoms with van der Waals surface area (Å²) in [6, 6.07) is 19.4. The van der Waals surface area contributed by atoms with Crippen LogP contribution in [-0.4, -0.2) is 65.6 Å². The molecule has 2 aromatic heterocycles. The molecule has 0 aliphatic carbocycles. The largest absolute Gasteiger partial charge is 0.495 e. The Bertz CT molecular complexity index is 1620. The number of para-hydroxylation sites is 1. The van der Waals surface area contributed by atoms with E-state index in [1.165, 1.54) is 6.92 Å². The van der Waals surface area contributed by atoms with Crippen molar-refractivity contribution in [1.82, 2.24) is 14.9 Å². The first kappa shape index (κ1) is 27.6. The van der Waals surface area contributed by atoms with Crippen LogP contribution >= 0.6 is 0 Å². The summed E-state index contributed by atoms with van der Waals surface area (Å²) < 4.78 is 10.8. The fraction of sp³-hybridized carbons (Fsp3) is 0.281. The summed E-state index contributed by atoms with van der Waals surface area (Å²) >= 11 is 0. The molecule has 9 heteroatoms. The summed E-state index contributed by atoms with van der Waals surface area (Å²) in [5, 5.41) is 10.0. The van der Waals surface area contributed by atoms with E-state index >= 15 is 0 Å². The van der Waals surface area contributed by atoms with E-state index in [1.54, 1.807) is 24.1 Å². The van der Waals surface area contributed by atoms with E-state index < -0.39 is 5.97 Å². The third-order valence-corrected chi connectivity index (χ3v) is 7.37. The van der Waals surface area contributed by atoms with Crippen molar-refractivity contribution >= 4 is 28.6 Å². The quantitative estimate of drug-likeness (QED) is 0.315.